The Morgan fingerprint density at radius 2 is 2.16 bits per heavy atom. The fourth-order valence-corrected chi connectivity index (χ4v) is 2.29. The molecular weight excluding hydrogens is 244 g/mol. The van der Waals surface area contributed by atoms with E-state index in [4.69, 9.17) is 4.42 Å². The number of fused-ring (bicyclic) bond motifs is 1. The number of rotatable bonds is 2. The summed E-state index contributed by atoms with van der Waals surface area (Å²) in [5, 5.41) is 3.22. The Balaban J connectivity index is 1.76. The van der Waals surface area contributed by atoms with Crippen LogP contribution in [0.15, 0.2) is 33.6 Å². The second-order valence-corrected chi connectivity index (χ2v) is 4.76. The maximum Gasteiger partial charge on any atom is 0.417 e. The Morgan fingerprint density at radius 3 is 2.95 bits per heavy atom. The first-order chi connectivity index (χ1) is 9.29. The van der Waals surface area contributed by atoms with E-state index in [-0.39, 0.29) is 0 Å². The molecule has 1 saturated heterocycles. The van der Waals surface area contributed by atoms with Crippen molar-refractivity contribution in [2.75, 3.05) is 13.1 Å². The molecule has 2 aromatic heterocycles. The number of aromatic amines is 2. The number of nitrogens with one attached hydrogen (secondary N) is 3. The van der Waals surface area contributed by atoms with Crippen molar-refractivity contribution in [1.82, 2.24) is 20.3 Å². The maximum absolute atomic E-state index is 11.1. The summed E-state index contributed by atoms with van der Waals surface area (Å²) in [6.07, 6.45) is 1.83. The summed E-state index contributed by atoms with van der Waals surface area (Å²) in [6.45, 7) is 1.95. The van der Waals surface area contributed by atoms with Crippen LogP contribution in [0.25, 0.3) is 22.4 Å². The molecule has 1 aromatic carbocycles. The normalized spacial score (nSPS) is 15.8. The molecule has 1 aliphatic heterocycles. The lowest BCUT2D eigenvalue weighted by molar-refractivity contribution is 0.433. The van der Waals surface area contributed by atoms with E-state index in [0.29, 0.717) is 17.0 Å². The lowest BCUT2D eigenvalue weighted by atomic mass is 10.0. The van der Waals surface area contributed by atoms with Crippen molar-refractivity contribution in [2.45, 2.75) is 5.92 Å². The zero-order valence-corrected chi connectivity index (χ0v) is 10.1. The van der Waals surface area contributed by atoms with Crippen LogP contribution in [0.2, 0.25) is 0 Å². The Kier molecular flexibility index (Phi) is 2.13. The van der Waals surface area contributed by atoms with Gasteiger partial charge in [0.25, 0.3) is 0 Å². The van der Waals surface area contributed by atoms with Crippen molar-refractivity contribution in [2.24, 2.45) is 0 Å². The van der Waals surface area contributed by atoms with Gasteiger partial charge in [-0.05, 0) is 18.2 Å². The van der Waals surface area contributed by atoms with Crippen LogP contribution < -0.4 is 11.1 Å². The Hall–Kier alpha value is -2.34. The molecule has 6 heteroatoms. The van der Waals surface area contributed by atoms with Gasteiger partial charge in [-0.15, -0.1) is 0 Å². The van der Waals surface area contributed by atoms with Crippen molar-refractivity contribution in [3.63, 3.8) is 0 Å². The quantitative estimate of drug-likeness (QED) is 0.643. The van der Waals surface area contributed by atoms with Gasteiger partial charge in [0.2, 0.25) is 0 Å². The molecule has 0 spiro atoms. The van der Waals surface area contributed by atoms with Crippen LogP contribution in [0.4, 0.5) is 0 Å². The molecule has 6 nitrogen and oxygen atoms in total. The van der Waals surface area contributed by atoms with Crippen LogP contribution in [0.3, 0.4) is 0 Å². The molecule has 1 aliphatic rings. The number of aromatic nitrogens is 3. The topological polar surface area (TPSA) is 86.7 Å². The van der Waals surface area contributed by atoms with Gasteiger partial charge in [-0.2, -0.15) is 0 Å². The van der Waals surface area contributed by atoms with Gasteiger partial charge < -0.3 is 14.7 Å². The van der Waals surface area contributed by atoms with Crippen molar-refractivity contribution in [3.05, 3.63) is 40.8 Å². The lowest BCUT2D eigenvalue weighted by Gasteiger charge is -2.24. The SMILES string of the molecule is O=c1[nH]c2cc(-c3cnc(C4CNC4)[nH]3)ccc2o1. The number of oxazole rings is 1. The van der Waals surface area contributed by atoms with E-state index in [2.05, 4.69) is 20.3 Å². The molecular formula is C13H12N4O2. The minimum absolute atomic E-state index is 0.432. The van der Waals surface area contributed by atoms with Gasteiger partial charge in [-0.25, -0.2) is 9.78 Å². The molecule has 0 saturated carbocycles. The highest BCUT2D eigenvalue weighted by Gasteiger charge is 2.21. The van der Waals surface area contributed by atoms with Crippen molar-refractivity contribution in [1.29, 1.82) is 0 Å². The van der Waals surface area contributed by atoms with Crippen LogP contribution >= 0.6 is 0 Å². The summed E-state index contributed by atoms with van der Waals surface area (Å²) in [7, 11) is 0. The van der Waals surface area contributed by atoms with E-state index in [1.165, 1.54) is 0 Å². The van der Waals surface area contributed by atoms with E-state index in [1.54, 1.807) is 6.07 Å². The predicted molar refractivity (Wildman–Crippen MR) is 70.0 cm³/mol. The summed E-state index contributed by atoms with van der Waals surface area (Å²) in [5.41, 5.74) is 3.20. The minimum atomic E-state index is -0.432. The standard InChI is InChI=1S/C13H12N4O2/c18-13-17-9-3-7(1-2-11(9)19-13)10-6-15-12(16-10)8-4-14-5-8/h1-3,6,8,14H,4-5H2,(H,15,16)(H,17,18). The lowest BCUT2D eigenvalue weighted by Crippen LogP contribution is -2.40. The van der Waals surface area contributed by atoms with Gasteiger partial charge in [-0.1, -0.05) is 0 Å². The molecule has 4 rings (SSSR count). The summed E-state index contributed by atoms with van der Waals surface area (Å²) >= 11 is 0. The number of benzene rings is 1. The second-order valence-electron chi connectivity index (χ2n) is 4.76. The highest BCUT2D eigenvalue weighted by molar-refractivity contribution is 5.78. The smallest absolute Gasteiger partial charge is 0.408 e. The zero-order valence-electron chi connectivity index (χ0n) is 10.1. The molecule has 0 bridgehead atoms. The molecule has 96 valence electrons. The Morgan fingerprint density at radius 1 is 1.26 bits per heavy atom. The molecule has 1 fully saturated rings. The minimum Gasteiger partial charge on any atom is -0.408 e. The Bertz CT molecular complexity index is 794. The van der Waals surface area contributed by atoms with Crippen LogP contribution in [-0.2, 0) is 0 Å². The molecule has 3 heterocycles. The van der Waals surface area contributed by atoms with Gasteiger partial charge >= 0.3 is 5.76 Å². The fraction of sp³-hybridized carbons (Fsp3) is 0.231. The van der Waals surface area contributed by atoms with Gasteiger partial charge in [0.15, 0.2) is 5.58 Å². The van der Waals surface area contributed by atoms with E-state index in [9.17, 15) is 4.79 Å². The van der Waals surface area contributed by atoms with E-state index in [1.807, 2.05) is 18.3 Å². The average Bonchev–Trinajstić information content (AvgIpc) is 2.91. The third-order valence-corrected chi connectivity index (χ3v) is 3.49. The average molecular weight is 256 g/mol. The third kappa shape index (κ3) is 1.68. The van der Waals surface area contributed by atoms with Crippen molar-refractivity contribution in [3.8, 4) is 11.3 Å². The van der Waals surface area contributed by atoms with Gasteiger partial charge in [0, 0.05) is 24.6 Å². The number of hydrogen-bond acceptors (Lipinski definition) is 4. The maximum atomic E-state index is 11.1. The van der Waals surface area contributed by atoms with Gasteiger partial charge in [0.05, 0.1) is 17.4 Å². The van der Waals surface area contributed by atoms with Crippen LogP contribution in [0.5, 0.6) is 0 Å². The van der Waals surface area contributed by atoms with Crippen molar-refractivity contribution < 1.29 is 4.42 Å². The number of nitrogens with zero attached hydrogens (tertiary/aromatic N) is 1. The van der Waals surface area contributed by atoms with Crippen molar-refractivity contribution >= 4 is 11.1 Å². The molecule has 0 amide bonds. The van der Waals surface area contributed by atoms with Gasteiger partial charge in [0.1, 0.15) is 5.82 Å². The van der Waals surface area contributed by atoms with Gasteiger partial charge in [-0.3, -0.25) is 4.98 Å². The number of imidazole rings is 1. The highest BCUT2D eigenvalue weighted by atomic mass is 16.4. The largest absolute Gasteiger partial charge is 0.417 e. The monoisotopic (exact) mass is 256 g/mol. The molecule has 0 unspecified atom stereocenters. The predicted octanol–water partition coefficient (Wildman–Crippen LogP) is 1.20. The molecule has 3 aromatic rings. The summed E-state index contributed by atoms with van der Waals surface area (Å²) in [5.74, 6) is 1.05. The first-order valence-electron chi connectivity index (χ1n) is 6.18. The zero-order chi connectivity index (χ0) is 12.8. The number of hydrogen-bond donors (Lipinski definition) is 3. The third-order valence-electron chi connectivity index (χ3n) is 3.49. The fourth-order valence-electron chi connectivity index (χ4n) is 2.29. The molecule has 0 radical (unpaired) electrons. The van der Waals surface area contributed by atoms with E-state index >= 15 is 0 Å². The number of H-pyrrole nitrogens is 2. The summed E-state index contributed by atoms with van der Waals surface area (Å²) < 4.78 is 4.98. The molecule has 0 atom stereocenters. The summed E-state index contributed by atoms with van der Waals surface area (Å²) in [6, 6.07) is 5.58. The Labute approximate surface area is 107 Å². The van der Waals surface area contributed by atoms with E-state index in [0.717, 1.165) is 30.2 Å². The first-order valence-corrected chi connectivity index (χ1v) is 6.18. The molecule has 19 heavy (non-hydrogen) atoms. The molecule has 0 aliphatic carbocycles. The summed E-state index contributed by atoms with van der Waals surface area (Å²) in [4.78, 5) is 21.5. The van der Waals surface area contributed by atoms with Crippen LogP contribution in [0, 0.1) is 0 Å². The molecule has 3 N–H and O–H groups in total. The van der Waals surface area contributed by atoms with E-state index < -0.39 is 5.76 Å². The van der Waals surface area contributed by atoms with Crippen LogP contribution in [0.1, 0.15) is 11.7 Å². The second kappa shape index (κ2) is 3.83. The first kappa shape index (κ1) is 10.6. The highest BCUT2D eigenvalue weighted by Crippen LogP contribution is 2.24. The van der Waals surface area contributed by atoms with Crippen LogP contribution in [-0.4, -0.2) is 28.0 Å².